The highest BCUT2D eigenvalue weighted by molar-refractivity contribution is 5.91. The maximum Gasteiger partial charge on any atom is 0.335 e. The van der Waals surface area contributed by atoms with Crippen LogP contribution in [-0.4, -0.2) is 26.9 Å². The fraction of sp³-hybridized carbons (Fsp3) is 0.154. The third kappa shape index (κ3) is 3.35. The van der Waals surface area contributed by atoms with E-state index in [-0.39, 0.29) is 11.6 Å². The Morgan fingerprint density at radius 2 is 1.95 bits per heavy atom. The Hall–Kier alpha value is -2.83. The summed E-state index contributed by atoms with van der Waals surface area (Å²) < 4.78 is 1.67. The molecule has 0 radical (unpaired) electrons. The van der Waals surface area contributed by atoms with Crippen LogP contribution in [0.25, 0.3) is 0 Å². The Kier molecular flexibility index (Phi) is 3.99. The molecule has 2 amide bonds. The smallest absolute Gasteiger partial charge is 0.335 e. The Bertz CT molecular complexity index is 619. The molecule has 0 aliphatic rings. The Labute approximate surface area is 115 Å². The van der Waals surface area contributed by atoms with Gasteiger partial charge in [-0.15, -0.1) is 0 Å². The van der Waals surface area contributed by atoms with E-state index < -0.39 is 5.97 Å². The van der Waals surface area contributed by atoms with E-state index in [0.29, 0.717) is 12.2 Å². The lowest BCUT2D eigenvalue weighted by Crippen LogP contribution is -2.28. The van der Waals surface area contributed by atoms with Crippen molar-refractivity contribution in [3.63, 3.8) is 0 Å². The van der Waals surface area contributed by atoms with Gasteiger partial charge in [0.05, 0.1) is 17.8 Å². The topological polar surface area (TPSA) is 96.3 Å². The summed E-state index contributed by atoms with van der Waals surface area (Å²) in [7, 11) is 1.79. The average Bonchev–Trinajstić information content (AvgIpc) is 2.82. The van der Waals surface area contributed by atoms with Crippen molar-refractivity contribution >= 4 is 17.7 Å². The molecule has 0 saturated heterocycles. The van der Waals surface area contributed by atoms with Crippen LogP contribution in [0.3, 0.4) is 0 Å². The van der Waals surface area contributed by atoms with Crippen molar-refractivity contribution in [2.24, 2.45) is 7.05 Å². The van der Waals surface area contributed by atoms with Gasteiger partial charge in [0, 0.05) is 18.9 Å². The predicted octanol–water partition coefficient (Wildman–Crippen LogP) is 1.44. The number of aryl methyl sites for hydroxylation is 1. The van der Waals surface area contributed by atoms with Crippen LogP contribution in [0.4, 0.5) is 10.5 Å². The number of aromatic nitrogens is 2. The van der Waals surface area contributed by atoms with Crippen LogP contribution in [0, 0.1) is 0 Å². The van der Waals surface area contributed by atoms with Gasteiger partial charge in [-0.1, -0.05) is 0 Å². The number of nitrogens with one attached hydrogen (secondary N) is 2. The first-order valence-corrected chi connectivity index (χ1v) is 5.91. The van der Waals surface area contributed by atoms with Gasteiger partial charge < -0.3 is 15.7 Å². The maximum absolute atomic E-state index is 11.7. The van der Waals surface area contributed by atoms with Crippen molar-refractivity contribution in [2.45, 2.75) is 6.54 Å². The molecule has 104 valence electrons. The van der Waals surface area contributed by atoms with E-state index >= 15 is 0 Å². The van der Waals surface area contributed by atoms with Gasteiger partial charge in [-0.2, -0.15) is 5.10 Å². The van der Waals surface area contributed by atoms with E-state index in [9.17, 15) is 9.59 Å². The zero-order valence-corrected chi connectivity index (χ0v) is 10.8. The lowest BCUT2D eigenvalue weighted by atomic mass is 10.2. The van der Waals surface area contributed by atoms with E-state index in [0.717, 1.165) is 5.69 Å². The minimum Gasteiger partial charge on any atom is -0.478 e. The summed E-state index contributed by atoms with van der Waals surface area (Å²) in [5.41, 5.74) is 1.57. The summed E-state index contributed by atoms with van der Waals surface area (Å²) in [5.74, 6) is -1.00. The van der Waals surface area contributed by atoms with Gasteiger partial charge in [-0.3, -0.25) is 4.68 Å². The van der Waals surface area contributed by atoms with Gasteiger partial charge in [-0.05, 0) is 30.3 Å². The van der Waals surface area contributed by atoms with Crippen LogP contribution in [0.15, 0.2) is 36.5 Å². The third-order valence-electron chi connectivity index (χ3n) is 2.74. The number of rotatable bonds is 4. The van der Waals surface area contributed by atoms with Gasteiger partial charge in [-0.25, -0.2) is 9.59 Å². The standard InChI is InChI=1S/C13H14N4O3/c1-17-11(6-7-15-17)8-14-13(20)16-10-4-2-9(3-5-10)12(18)19/h2-7H,8H2,1H3,(H,18,19)(H2,14,16,20). The molecule has 0 aliphatic heterocycles. The van der Waals surface area contributed by atoms with E-state index in [4.69, 9.17) is 5.11 Å². The molecule has 0 unspecified atom stereocenters. The lowest BCUT2D eigenvalue weighted by molar-refractivity contribution is 0.0697. The quantitative estimate of drug-likeness (QED) is 0.786. The highest BCUT2D eigenvalue weighted by Gasteiger charge is 2.05. The van der Waals surface area contributed by atoms with Gasteiger partial charge in [0.25, 0.3) is 0 Å². The zero-order chi connectivity index (χ0) is 14.5. The Morgan fingerprint density at radius 1 is 1.25 bits per heavy atom. The maximum atomic E-state index is 11.7. The molecule has 0 saturated carbocycles. The van der Waals surface area contributed by atoms with Crippen LogP contribution in [0.1, 0.15) is 16.1 Å². The van der Waals surface area contributed by atoms with E-state index in [1.165, 1.54) is 24.3 Å². The average molecular weight is 274 g/mol. The second kappa shape index (κ2) is 5.87. The highest BCUT2D eigenvalue weighted by Crippen LogP contribution is 2.09. The summed E-state index contributed by atoms with van der Waals surface area (Å²) in [5, 5.41) is 18.1. The molecule has 0 atom stereocenters. The van der Waals surface area contributed by atoms with Crippen molar-refractivity contribution in [3.8, 4) is 0 Å². The predicted molar refractivity (Wildman–Crippen MR) is 72.5 cm³/mol. The van der Waals surface area contributed by atoms with E-state index in [1.807, 2.05) is 6.07 Å². The highest BCUT2D eigenvalue weighted by atomic mass is 16.4. The van der Waals surface area contributed by atoms with Crippen molar-refractivity contribution in [1.82, 2.24) is 15.1 Å². The second-order valence-corrected chi connectivity index (χ2v) is 4.14. The summed E-state index contributed by atoms with van der Waals surface area (Å²) in [6.45, 7) is 0.357. The molecule has 7 nitrogen and oxygen atoms in total. The molecule has 0 bridgehead atoms. The molecule has 1 heterocycles. The molecule has 3 N–H and O–H groups in total. The van der Waals surface area contributed by atoms with Crippen LogP contribution >= 0.6 is 0 Å². The first-order valence-electron chi connectivity index (χ1n) is 5.91. The first-order chi connectivity index (χ1) is 9.56. The largest absolute Gasteiger partial charge is 0.478 e. The van der Waals surface area contributed by atoms with Crippen molar-refractivity contribution in [1.29, 1.82) is 0 Å². The second-order valence-electron chi connectivity index (χ2n) is 4.14. The summed E-state index contributed by atoms with van der Waals surface area (Å²) >= 11 is 0. The first kappa shape index (κ1) is 13.6. The van der Waals surface area contributed by atoms with Gasteiger partial charge in [0.15, 0.2) is 0 Å². The Balaban J connectivity index is 1.88. The number of hydrogen-bond donors (Lipinski definition) is 3. The van der Waals surface area contributed by atoms with Crippen molar-refractivity contribution < 1.29 is 14.7 Å². The Morgan fingerprint density at radius 3 is 2.50 bits per heavy atom. The van der Waals surface area contributed by atoms with Crippen LogP contribution in [0.5, 0.6) is 0 Å². The van der Waals surface area contributed by atoms with Gasteiger partial charge in [0.2, 0.25) is 0 Å². The molecule has 1 aromatic heterocycles. The van der Waals surface area contributed by atoms with Gasteiger partial charge >= 0.3 is 12.0 Å². The number of carboxylic acid groups (broad SMARTS) is 1. The number of carbonyl (C=O) groups is 2. The number of carbonyl (C=O) groups excluding carboxylic acids is 1. The number of benzene rings is 1. The molecule has 2 aromatic rings. The van der Waals surface area contributed by atoms with Gasteiger partial charge in [0.1, 0.15) is 0 Å². The number of hydrogen-bond acceptors (Lipinski definition) is 3. The molecular formula is C13H14N4O3. The number of nitrogens with zero attached hydrogens (tertiary/aromatic N) is 2. The molecule has 7 heteroatoms. The number of anilines is 1. The van der Waals surface area contributed by atoms with Crippen LogP contribution in [0.2, 0.25) is 0 Å². The normalized spacial score (nSPS) is 10.1. The summed E-state index contributed by atoms with van der Waals surface area (Å²) in [6.07, 6.45) is 1.65. The minimum atomic E-state index is -1.00. The molecule has 0 aliphatic carbocycles. The van der Waals surface area contributed by atoms with E-state index in [1.54, 1.807) is 17.9 Å². The third-order valence-corrected chi connectivity index (χ3v) is 2.74. The lowest BCUT2D eigenvalue weighted by Gasteiger charge is -2.08. The molecule has 0 fully saturated rings. The number of amides is 2. The fourth-order valence-corrected chi connectivity index (χ4v) is 1.62. The molecule has 1 aromatic carbocycles. The molecule has 0 spiro atoms. The molecule has 20 heavy (non-hydrogen) atoms. The summed E-state index contributed by atoms with van der Waals surface area (Å²) in [4.78, 5) is 22.4. The van der Waals surface area contributed by atoms with Crippen LogP contribution in [-0.2, 0) is 13.6 Å². The zero-order valence-electron chi connectivity index (χ0n) is 10.8. The molecule has 2 rings (SSSR count). The number of carboxylic acids is 1. The molecular weight excluding hydrogens is 260 g/mol. The summed E-state index contributed by atoms with van der Waals surface area (Å²) in [6, 6.07) is 7.37. The minimum absolute atomic E-state index is 0.172. The van der Waals surface area contributed by atoms with Crippen molar-refractivity contribution in [2.75, 3.05) is 5.32 Å². The monoisotopic (exact) mass is 274 g/mol. The van der Waals surface area contributed by atoms with Crippen molar-refractivity contribution in [3.05, 3.63) is 47.8 Å². The fourth-order valence-electron chi connectivity index (χ4n) is 1.62. The number of urea groups is 1. The SMILES string of the molecule is Cn1nccc1CNC(=O)Nc1ccc(C(=O)O)cc1. The van der Waals surface area contributed by atoms with Crippen LogP contribution < -0.4 is 10.6 Å². The van der Waals surface area contributed by atoms with E-state index in [2.05, 4.69) is 15.7 Å². The number of aromatic carboxylic acids is 1.